The van der Waals surface area contributed by atoms with Crippen LogP contribution in [0.3, 0.4) is 0 Å². The molecule has 13 aliphatic rings. The smallest absolute Gasteiger partial charge is 0.115 e. The topological polar surface area (TPSA) is 207 Å². The summed E-state index contributed by atoms with van der Waals surface area (Å²) >= 11 is 0. The zero-order chi connectivity index (χ0) is 50.9. The molecule has 0 bridgehead atoms. The van der Waals surface area contributed by atoms with Gasteiger partial charge in [0.25, 0.3) is 0 Å². The molecule has 0 spiro atoms. The zero-order valence-corrected chi connectivity index (χ0v) is 45.0. The van der Waals surface area contributed by atoms with Crippen LogP contribution in [-0.4, -0.2) is 84.9 Å². The van der Waals surface area contributed by atoms with Crippen molar-refractivity contribution in [2.24, 2.45) is 118 Å². The van der Waals surface area contributed by atoms with Crippen molar-refractivity contribution < 1.29 is 4.74 Å². The van der Waals surface area contributed by atoms with E-state index in [4.69, 9.17) is 4.74 Å². The van der Waals surface area contributed by atoms with Gasteiger partial charge < -0.3 is 4.74 Å². The van der Waals surface area contributed by atoms with Gasteiger partial charge in [-0.3, -0.25) is 31.1 Å². The maximum atomic E-state index is 11.5. The van der Waals surface area contributed by atoms with Crippen LogP contribution < -0.4 is 21.3 Å². The molecule has 4 N–H and O–H groups in total. The Bertz CT molecular complexity index is 2220. The predicted octanol–water partition coefficient (Wildman–Crippen LogP) is 8.75. The SMILES string of the molecule is N#CC1CC(C#N)C(C2C(C3CNC(N4C5CCCCC5C5CCCCC54)NC3)C3OC4CCCCC4C3C(C3CNC(N4C5CCCCC5C5CCCCC54)NC3)C2C2C(C#N)CC(C#N)CC2C#N)C(C#N)C1. The van der Waals surface area contributed by atoms with Crippen LogP contribution in [0.2, 0.25) is 0 Å². The number of ether oxygens (including phenoxy) is 1. The standard InChI is InChI=1S/C62H88N12O/c63-25-35-21-37(27-65)53(38(22-35)28-66)58-55(41-31-69-61(70-32-41)73-48-16-6-1-11-43(48)44-12-2-7-17-49(44)73)57-47-15-5-10-20-52(47)75-60(57)56(59(58)54-39(29-67)23-36(26-64)24-40(54)30-68)42-33-71-62(72-34-42)74-50-18-8-3-13-45(50)46-14-4-9-19-51(46)74/h35-62,69-72H,1-24,31-34H2. The van der Waals surface area contributed by atoms with E-state index in [1.54, 1.807) is 0 Å². The van der Waals surface area contributed by atoms with Gasteiger partial charge >= 0.3 is 0 Å². The first-order valence-electron chi connectivity index (χ1n) is 31.5. The quantitative estimate of drug-likeness (QED) is 0.197. The second-order valence-electron chi connectivity index (χ2n) is 27.6. The van der Waals surface area contributed by atoms with Crippen LogP contribution in [0.4, 0.5) is 0 Å². The van der Waals surface area contributed by atoms with Crippen LogP contribution in [0.25, 0.3) is 0 Å². The summed E-state index contributed by atoms with van der Waals surface area (Å²) in [6.07, 6.45) is 27.8. The summed E-state index contributed by atoms with van der Waals surface area (Å²) in [5, 5.41) is 84.0. The fraction of sp³-hybridized carbons (Fsp3) is 0.903. The number of rotatable bonds is 6. The van der Waals surface area contributed by atoms with Crippen molar-refractivity contribution in [1.29, 1.82) is 31.6 Å². The molecule has 402 valence electrons. The van der Waals surface area contributed by atoms with Gasteiger partial charge in [-0.15, -0.1) is 0 Å². The Morgan fingerprint density at radius 1 is 0.333 bits per heavy atom. The molecule has 20 unspecified atom stereocenters. The van der Waals surface area contributed by atoms with E-state index in [0.29, 0.717) is 55.8 Å². The van der Waals surface area contributed by atoms with Crippen LogP contribution in [0, 0.1) is 186 Å². The molecule has 13 nitrogen and oxygen atoms in total. The Hall–Kier alpha value is -3.34. The molecule has 5 heterocycles. The second kappa shape index (κ2) is 21.7. The van der Waals surface area contributed by atoms with E-state index in [2.05, 4.69) is 67.5 Å². The van der Waals surface area contributed by atoms with Gasteiger partial charge in [0.15, 0.2) is 0 Å². The van der Waals surface area contributed by atoms with Gasteiger partial charge in [-0.05, 0) is 173 Å². The van der Waals surface area contributed by atoms with Crippen LogP contribution in [0.1, 0.15) is 154 Å². The van der Waals surface area contributed by atoms with Crippen molar-refractivity contribution in [3.63, 3.8) is 0 Å². The number of nitrogens with one attached hydrogen (secondary N) is 4. The summed E-state index contributed by atoms with van der Waals surface area (Å²) in [6.45, 7) is 3.29. The lowest BCUT2D eigenvalue weighted by atomic mass is 9.42. The van der Waals surface area contributed by atoms with Crippen molar-refractivity contribution in [2.75, 3.05) is 26.2 Å². The summed E-state index contributed by atoms with van der Waals surface area (Å²) in [6, 6.07) is 18.7. The molecule has 0 aromatic carbocycles. The van der Waals surface area contributed by atoms with E-state index in [0.717, 1.165) is 69.1 Å². The molecule has 8 aliphatic carbocycles. The van der Waals surface area contributed by atoms with Gasteiger partial charge in [-0.25, -0.2) is 0 Å². The van der Waals surface area contributed by atoms with Crippen molar-refractivity contribution >= 4 is 0 Å². The van der Waals surface area contributed by atoms with Crippen molar-refractivity contribution in [2.45, 2.75) is 203 Å². The van der Waals surface area contributed by atoms with Crippen molar-refractivity contribution in [3.05, 3.63) is 0 Å². The molecule has 0 aromatic heterocycles. The lowest BCUT2D eigenvalue weighted by Gasteiger charge is -2.62. The predicted molar refractivity (Wildman–Crippen MR) is 281 cm³/mol. The number of nitrogens with zero attached hydrogens (tertiary/aromatic N) is 8. The maximum Gasteiger partial charge on any atom is 0.115 e. The number of hydrogen-bond acceptors (Lipinski definition) is 13. The molecule has 13 heteroatoms. The first-order chi connectivity index (χ1) is 37.0. The molecule has 5 saturated heterocycles. The molecule has 0 aromatic rings. The third kappa shape index (κ3) is 8.70. The van der Waals surface area contributed by atoms with Crippen LogP contribution in [-0.2, 0) is 4.74 Å². The molecule has 0 amide bonds. The van der Waals surface area contributed by atoms with Gasteiger partial charge in [0.2, 0.25) is 0 Å². The molecule has 13 fully saturated rings. The second-order valence-corrected chi connectivity index (χ2v) is 27.6. The molecule has 20 atom stereocenters. The number of hydrogen-bond donors (Lipinski definition) is 4. The van der Waals surface area contributed by atoms with Gasteiger partial charge in [0.05, 0.1) is 72.3 Å². The van der Waals surface area contributed by atoms with E-state index < -0.39 is 23.7 Å². The summed E-state index contributed by atoms with van der Waals surface area (Å²) in [5.41, 5.74) is 0. The third-order valence-corrected chi connectivity index (χ3v) is 24.8. The molecule has 8 saturated carbocycles. The zero-order valence-electron chi connectivity index (χ0n) is 45.0. The molecule has 5 aliphatic heterocycles. The highest BCUT2D eigenvalue weighted by molar-refractivity contribution is 5.21. The maximum absolute atomic E-state index is 11.5. The minimum Gasteiger partial charge on any atom is -0.374 e. The van der Waals surface area contributed by atoms with E-state index >= 15 is 0 Å². The molecular weight excluding hydrogens is 929 g/mol. The summed E-state index contributed by atoms with van der Waals surface area (Å²) in [7, 11) is 0. The van der Waals surface area contributed by atoms with Gasteiger partial charge in [-0.1, -0.05) is 64.2 Å². The van der Waals surface area contributed by atoms with Crippen molar-refractivity contribution in [1.82, 2.24) is 31.1 Å². The monoisotopic (exact) mass is 1020 g/mol. The number of nitriles is 6. The average molecular weight is 1020 g/mol. The summed E-state index contributed by atoms with van der Waals surface area (Å²) in [4.78, 5) is 5.83. The van der Waals surface area contributed by atoms with E-state index in [1.807, 2.05) is 0 Å². The lowest BCUT2D eigenvalue weighted by molar-refractivity contribution is -0.170. The van der Waals surface area contributed by atoms with E-state index in [1.165, 1.54) is 109 Å². The van der Waals surface area contributed by atoms with Gasteiger partial charge in [0, 0.05) is 62.2 Å². The van der Waals surface area contributed by atoms with Crippen LogP contribution >= 0.6 is 0 Å². The number of likely N-dealkylation sites (tertiary alicyclic amines) is 2. The lowest BCUT2D eigenvalue weighted by Crippen LogP contribution is -2.70. The molecule has 0 radical (unpaired) electrons. The third-order valence-electron chi connectivity index (χ3n) is 24.8. The average Bonchev–Trinajstić information content (AvgIpc) is 4.23. The summed E-state index contributed by atoms with van der Waals surface area (Å²) < 4.78 is 7.82. The highest BCUT2D eigenvalue weighted by Gasteiger charge is 2.68. The molecule has 13 rings (SSSR count). The van der Waals surface area contributed by atoms with Crippen LogP contribution in [0.5, 0.6) is 0 Å². The molecule has 75 heavy (non-hydrogen) atoms. The minimum absolute atomic E-state index is 0.0257. The summed E-state index contributed by atoms with van der Waals surface area (Å²) in [5.74, 6) is 0.347. The first kappa shape index (κ1) is 51.1. The number of fused-ring (bicyclic) bond motifs is 9. The highest BCUT2D eigenvalue weighted by Crippen LogP contribution is 2.66. The first-order valence-corrected chi connectivity index (χ1v) is 31.5. The van der Waals surface area contributed by atoms with E-state index in [9.17, 15) is 31.6 Å². The Labute approximate surface area is 449 Å². The normalized spacial score (nSPS) is 52.7. The molecular formula is C62H88N12O. The minimum atomic E-state index is -0.511. The highest BCUT2D eigenvalue weighted by atomic mass is 16.5. The fourth-order valence-corrected chi connectivity index (χ4v) is 22.4. The van der Waals surface area contributed by atoms with Gasteiger partial charge in [-0.2, -0.15) is 31.6 Å². The Kier molecular flexibility index (Phi) is 14.8. The van der Waals surface area contributed by atoms with E-state index in [-0.39, 0.29) is 89.9 Å². The van der Waals surface area contributed by atoms with Crippen molar-refractivity contribution in [3.8, 4) is 36.4 Å². The Balaban J connectivity index is 0.911. The largest absolute Gasteiger partial charge is 0.374 e. The fourth-order valence-electron chi connectivity index (χ4n) is 22.4. The van der Waals surface area contributed by atoms with Crippen LogP contribution in [0.15, 0.2) is 0 Å². The Morgan fingerprint density at radius 3 is 1.04 bits per heavy atom. The Morgan fingerprint density at radius 2 is 0.667 bits per heavy atom. The van der Waals surface area contributed by atoms with Gasteiger partial charge in [0.1, 0.15) is 12.6 Å².